The molecule has 2 atom stereocenters. The number of nitrogens with two attached hydrogens (primary N) is 1. The topological polar surface area (TPSA) is 64.3 Å². The molecule has 4 nitrogen and oxygen atoms in total. The van der Waals surface area contributed by atoms with Crippen LogP contribution >= 0.6 is 0 Å². The molecule has 0 heterocycles. The maximum atomic E-state index is 11.8. The minimum atomic E-state index is -0.0458. The van der Waals surface area contributed by atoms with Crippen molar-refractivity contribution in [2.24, 2.45) is 5.92 Å². The molecule has 1 aliphatic carbocycles. The summed E-state index contributed by atoms with van der Waals surface area (Å²) in [6.45, 7) is 2.26. The molecule has 0 spiro atoms. The molecule has 0 aromatic heterocycles. The van der Waals surface area contributed by atoms with Crippen LogP contribution < -0.4 is 15.8 Å². The second-order valence-corrected chi connectivity index (χ2v) is 5.29. The van der Waals surface area contributed by atoms with Gasteiger partial charge >= 0.3 is 0 Å². The third-order valence-corrected chi connectivity index (χ3v) is 3.71. The van der Waals surface area contributed by atoms with Gasteiger partial charge in [0.05, 0.1) is 0 Å². The van der Waals surface area contributed by atoms with E-state index >= 15 is 0 Å². The van der Waals surface area contributed by atoms with Crippen LogP contribution in [-0.2, 0) is 4.79 Å². The molecule has 0 unspecified atom stereocenters. The van der Waals surface area contributed by atoms with E-state index in [0.29, 0.717) is 23.4 Å². The van der Waals surface area contributed by atoms with Crippen LogP contribution in [0.2, 0.25) is 0 Å². The molecule has 19 heavy (non-hydrogen) atoms. The fraction of sp³-hybridized carbons (Fsp3) is 0.533. The van der Waals surface area contributed by atoms with Crippen LogP contribution in [0.4, 0.5) is 5.69 Å². The molecule has 104 valence electrons. The first kappa shape index (κ1) is 13.7. The van der Waals surface area contributed by atoms with Crippen LogP contribution in [0.15, 0.2) is 24.3 Å². The minimum Gasteiger partial charge on any atom is -0.484 e. The summed E-state index contributed by atoms with van der Waals surface area (Å²) >= 11 is 0. The van der Waals surface area contributed by atoms with E-state index in [-0.39, 0.29) is 12.5 Å². The Labute approximate surface area is 114 Å². The number of benzene rings is 1. The normalized spacial score (nSPS) is 22.8. The monoisotopic (exact) mass is 262 g/mol. The average molecular weight is 262 g/mol. The van der Waals surface area contributed by atoms with Crippen molar-refractivity contribution < 1.29 is 9.53 Å². The Balaban J connectivity index is 1.76. The number of carbonyl (C=O) groups is 1. The quantitative estimate of drug-likeness (QED) is 0.819. The first-order valence-corrected chi connectivity index (χ1v) is 6.93. The van der Waals surface area contributed by atoms with Gasteiger partial charge in [-0.2, -0.15) is 0 Å². The molecule has 1 aromatic carbocycles. The highest BCUT2D eigenvalue weighted by atomic mass is 16.5. The molecule has 1 aliphatic rings. The van der Waals surface area contributed by atoms with Crippen molar-refractivity contribution in [2.75, 3.05) is 12.3 Å². The molecular formula is C15H22N2O2. The van der Waals surface area contributed by atoms with Crippen molar-refractivity contribution in [3.63, 3.8) is 0 Å². The third kappa shape index (κ3) is 4.16. The number of amides is 1. The highest BCUT2D eigenvalue weighted by Gasteiger charge is 2.22. The highest BCUT2D eigenvalue weighted by Crippen LogP contribution is 2.23. The number of carbonyl (C=O) groups excluding carboxylic acids is 1. The summed E-state index contributed by atoms with van der Waals surface area (Å²) in [4.78, 5) is 11.8. The van der Waals surface area contributed by atoms with E-state index in [9.17, 15) is 4.79 Å². The molecule has 3 N–H and O–H groups in total. The van der Waals surface area contributed by atoms with Gasteiger partial charge in [0, 0.05) is 11.7 Å². The van der Waals surface area contributed by atoms with E-state index in [1.807, 2.05) is 0 Å². The smallest absolute Gasteiger partial charge is 0.258 e. The molecule has 0 aliphatic heterocycles. The van der Waals surface area contributed by atoms with Gasteiger partial charge in [-0.15, -0.1) is 0 Å². The van der Waals surface area contributed by atoms with Crippen LogP contribution in [0.5, 0.6) is 5.75 Å². The molecule has 0 radical (unpaired) electrons. The summed E-state index contributed by atoms with van der Waals surface area (Å²) in [6, 6.07) is 7.36. The van der Waals surface area contributed by atoms with Crippen molar-refractivity contribution in [2.45, 2.75) is 38.6 Å². The summed E-state index contributed by atoms with van der Waals surface area (Å²) in [5.41, 5.74) is 6.27. The average Bonchev–Trinajstić information content (AvgIpc) is 2.41. The van der Waals surface area contributed by atoms with Crippen LogP contribution in [0, 0.1) is 5.92 Å². The number of rotatable bonds is 4. The van der Waals surface area contributed by atoms with Gasteiger partial charge in [0.15, 0.2) is 6.61 Å². The van der Waals surface area contributed by atoms with E-state index in [0.717, 1.165) is 6.42 Å². The van der Waals surface area contributed by atoms with Gasteiger partial charge in [-0.3, -0.25) is 4.79 Å². The second kappa shape index (κ2) is 6.45. The fourth-order valence-electron chi connectivity index (χ4n) is 2.49. The van der Waals surface area contributed by atoms with E-state index in [1.165, 1.54) is 19.3 Å². The van der Waals surface area contributed by atoms with Gasteiger partial charge in [0.1, 0.15) is 5.75 Å². The number of hydrogen-bond donors (Lipinski definition) is 2. The molecule has 1 fully saturated rings. The van der Waals surface area contributed by atoms with Crippen molar-refractivity contribution in [1.29, 1.82) is 0 Å². The highest BCUT2D eigenvalue weighted by molar-refractivity contribution is 5.77. The number of ether oxygens (including phenoxy) is 1. The van der Waals surface area contributed by atoms with Crippen LogP contribution in [0.3, 0.4) is 0 Å². The largest absolute Gasteiger partial charge is 0.484 e. The Morgan fingerprint density at radius 3 is 2.68 bits per heavy atom. The van der Waals surface area contributed by atoms with Crippen LogP contribution in [0.25, 0.3) is 0 Å². The summed E-state index contributed by atoms with van der Waals surface area (Å²) in [6.07, 6.45) is 4.75. The Hall–Kier alpha value is -1.71. The zero-order valence-corrected chi connectivity index (χ0v) is 11.4. The lowest BCUT2D eigenvalue weighted by Crippen LogP contribution is -2.43. The summed E-state index contributed by atoms with van der Waals surface area (Å²) in [5, 5.41) is 3.06. The van der Waals surface area contributed by atoms with E-state index in [4.69, 9.17) is 10.5 Å². The van der Waals surface area contributed by atoms with Crippen LogP contribution in [0.1, 0.15) is 32.6 Å². The van der Waals surface area contributed by atoms with Crippen molar-refractivity contribution in [3.05, 3.63) is 24.3 Å². The van der Waals surface area contributed by atoms with E-state index in [1.54, 1.807) is 24.3 Å². The van der Waals surface area contributed by atoms with E-state index < -0.39 is 0 Å². The predicted octanol–water partition coefficient (Wildman–Crippen LogP) is 2.34. The molecule has 0 saturated heterocycles. The maximum absolute atomic E-state index is 11.8. The number of nitrogen functional groups attached to an aromatic ring is 1. The summed E-state index contributed by atoms with van der Waals surface area (Å²) in [7, 11) is 0. The van der Waals surface area contributed by atoms with Gasteiger partial charge in [0.25, 0.3) is 5.91 Å². The molecule has 4 heteroatoms. The van der Waals surface area contributed by atoms with E-state index in [2.05, 4.69) is 12.2 Å². The molecular weight excluding hydrogens is 240 g/mol. The fourth-order valence-corrected chi connectivity index (χ4v) is 2.49. The molecule has 2 rings (SSSR count). The molecule has 1 saturated carbocycles. The van der Waals surface area contributed by atoms with Crippen molar-refractivity contribution in [1.82, 2.24) is 5.32 Å². The number of anilines is 1. The second-order valence-electron chi connectivity index (χ2n) is 5.29. The first-order chi connectivity index (χ1) is 9.15. The maximum Gasteiger partial charge on any atom is 0.258 e. The van der Waals surface area contributed by atoms with Gasteiger partial charge < -0.3 is 15.8 Å². The number of nitrogens with one attached hydrogen (secondary N) is 1. The predicted molar refractivity (Wildman–Crippen MR) is 75.9 cm³/mol. The zero-order valence-electron chi connectivity index (χ0n) is 11.4. The molecule has 1 amide bonds. The van der Waals surface area contributed by atoms with Crippen LogP contribution in [-0.4, -0.2) is 18.6 Å². The minimum absolute atomic E-state index is 0.0458. The van der Waals surface area contributed by atoms with Gasteiger partial charge in [-0.05, 0) is 43.0 Å². The zero-order chi connectivity index (χ0) is 13.7. The third-order valence-electron chi connectivity index (χ3n) is 3.71. The van der Waals surface area contributed by atoms with Gasteiger partial charge in [0.2, 0.25) is 0 Å². The van der Waals surface area contributed by atoms with Gasteiger partial charge in [-0.25, -0.2) is 0 Å². The van der Waals surface area contributed by atoms with Gasteiger partial charge in [-0.1, -0.05) is 19.8 Å². The lowest BCUT2D eigenvalue weighted by molar-refractivity contribution is -0.124. The lowest BCUT2D eigenvalue weighted by Gasteiger charge is -2.29. The first-order valence-electron chi connectivity index (χ1n) is 6.93. The molecule has 0 bridgehead atoms. The Kier molecular flexibility index (Phi) is 4.66. The van der Waals surface area contributed by atoms with Crippen molar-refractivity contribution >= 4 is 11.6 Å². The summed E-state index contributed by atoms with van der Waals surface area (Å²) in [5.74, 6) is 1.19. The molecule has 1 aromatic rings. The Bertz CT molecular complexity index is 417. The Morgan fingerprint density at radius 1 is 1.32 bits per heavy atom. The summed E-state index contributed by atoms with van der Waals surface area (Å²) < 4.78 is 5.43. The lowest BCUT2D eigenvalue weighted by atomic mass is 9.86. The SMILES string of the molecule is C[C@@H]1CCCC[C@H]1NC(=O)COc1ccc(N)cc1. The Morgan fingerprint density at radius 2 is 2.00 bits per heavy atom. The van der Waals surface area contributed by atoms with Crippen molar-refractivity contribution in [3.8, 4) is 5.75 Å². The standard InChI is InChI=1S/C15H22N2O2/c1-11-4-2-3-5-14(11)17-15(18)10-19-13-8-6-12(16)7-9-13/h6-9,11,14H,2-5,10,16H2,1H3,(H,17,18)/t11-,14-/m1/s1. The number of hydrogen-bond acceptors (Lipinski definition) is 3.